The maximum absolute atomic E-state index is 12.3. The van der Waals surface area contributed by atoms with Crippen LogP contribution in [0.2, 0.25) is 0 Å². The van der Waals surface area contributed by atoms with Crippen molar-refractivity contribution in [1.29, 1.82) is 0 Å². The summed E-state index contributed by atoms with van der Waals surface area (Å²) >= 11 is 0. The van der Waals surface area contributed by atoms with Gasteiger partial charge in [0.15, 0.2) is 0 Å². The lowest BCUT2D eigenvalue weighted by atomic mass is 10.1. The Balaban J connectivity index is 1.77. The predicted octanol–water partition coefficient (Wildman–Crippen LogP) is 1.78. The normalized spacial score (nSPS) is 15.5. The van der Waals surface area contributed by atoms with Crippen molar-refractivity contribution in [2.45, 2.75) is 33.7 Å². The fourth-order valence-corrected chi connectivity index (χ4v) is 3.06. The third-order valence-electron chi connectivity index (χ3n) is 4.57. The van der Waals surface area contributed by atoms with Crippen LogP contribution in [0, 0.1) is 20.8 Å². The fourth-order valence-electron chi connectivity index (χ4n) is 3.06. The first-order chi connectivity index (χ1) is 10.6. The van der Waals surface area contributed by atoms with Crippen LogP contribution in [0.5, 0.6) is 0 Å². The summed E-state index contributed by atoms with van der Waals surface area (Å²) in [6.07, 6.45) is 0.541. The molecule has 1 fully saturated rings. The van der Waals surface area contributed by atoms with Crippen LogP contribution >= 0.6 is 0 Å². The Morgan fingerprint density at radius 1 is 1.18 bits per heavy atom. The molecule has 0 unspecified atom stereocenters. The molecule has 1 N–H and O–H groups in total. The number of carbonyl (C=O) groups is 1. The lowest BCUT2D eigenvalue weighted by Gasteiger charge is -2.27. The molecule has 0 atom stereocenters. The van der Waals surface area contributed by atoms with E-state index in [4.69, 9.17) is 0 Å². The van der Waals surface area contributed by atoms with E-state index in [1.165, 1.54) is 11.1 Å². The zero-order valence-corrected chi connectivity index (χ0v) is 13.6. The van der Waals surface area contributed by atoms with E-state index in [-0.39, 0.29) is 5.91 Å². The van der Waals surface area contributed by atoms with Crippen molar-refractivity contribution in [2.24, 2.45) is 0 Å². The van der Waals surface area contributed by atoms with Crippen LogP contribution in [0.3, 0.4) is 0 Å². The van der Waals surface area contributed by atoms with Crippen molar-refractivity contribution in [3.63, 3.8) is 0 Å². The van der Waals surface area contributed by atoms with E-state index in [1.54, 1.807) is 0 Å². The van der Waals surface area contributed by atoms with Gasteiger partial charge in [-0.3, -0.25) is 4.79 Å². The summed E-state index contributed by atoms with van der Waals surface area (Å²) in [5.74, 6) is 1.22. The van der Waals surface area contributed by atoms with Crippen LogP contribution in [0.1, 0.15) is 23.4 Å². The molecule has 1 aliphatic heterocycles. The van der Waals surface area contributed by atoms with Gasteiger partial charge in [0.05, 0.1) is 11.0 Å². The van der Waals surface area contributed by atoms with Gasteiger partial charge in [0, 0.05) is 39.1 Å². The summed E-state index contributed by atoms with van der Waals surface area (Å²) in [6, 6.07) is 4.31. The summed E-state index contributed by atoms with van der Waals surface area (Å²) in [5.41, 5.74) is 4.68. The number of aromatic nitrogens is 2. The number of imidazole rings is 1. The minimum absolute atomic E-state index is 0.242. The first kappa shape index (κ1) is 15.0. The zero-order valence-electron chi connectivity index (χ0n) is 13.6. The second kappa shape index (κ2) is 6.08. The van der Waals surface area contributed by atoms with Crippen LogP contribution in [-0.4, -0.2) is 46.5 Å². The van der Waals surface area contributed by atoms with Crippen molar-refractivity contribution in [1.82, 2.24) is 19.8 Å². The summed E-state index contributed by atoms with van der Waals surface area (Å²) in [7, 11) is 0. The van der Waals surface area contributed by atoms with Crippen LogP contribution in [0.25, 0.3) is 11.0 Å². The van der Waals surface area contributed by atoms with Gasteiger partial charge in [-0.15, -0.1) is 0 Å². The van der Waals surface area contributed by atoms with Gasteiger partial charge in [-0.1, -0.05) is 0 Å². The van der Waals surface area contributed by atoms with Gasteiger partial charge in [0.25, 0.3) is 0 Å². The van der Waals surface area contributed by atoms with Crippen molar-refractivity contribution >= 4 is 16.9 Å². The summed E-state index contributed by atoms with van der Waals surface area (Å²) in [6.45, 7) is 10.4. The Labute approximate surface area is 131 Å². The van der Waals surface area contributed by atoms with Crippen LogP contribution in [-0.2, 0) is 11.3 Å². The fraction of sp³-hybridized carbons (Fsp3) is 0.529. The predicted molar refractivity (Wildman–Crippen MR) is 88.0 cm³/mol. The van der Waals surface area contributed by atoms with E-state index in [1.807, 2.05) is 11.8 Å². The van der Waals surface area contributed by atoms with E-state index >= 15 is 0 Å². The molecule has 3 rings (SSSR count). The molecule has 0 bridgehead atoms. The number of aryl methyl sites for hydroxylation is 4. The lowest BCUT2D eigenvalue weighted by molar-refractivity contribution is -0.131. The number of amides is 1. The molecule has 0 saturated carbocycles. The third-order valence-corrected chi connectivity index (χ3v) is 4.57. The molecule has 5 heteroatoms. The van der Waals surface area contributed by atoms with Crippen LogP contribution in [0.4, 0.5) is 0 Å². The van der Waals surface area contributed by atoms with Gasteiger partial charge in [-0.2, -0.15) is 0 Å². The molecule has 5 nitrogen and oxygen atoms in total. The molecule has 1 aromatic heterocycles. The number of fused-ring (bicyclic) bond motifs is 1. The summed E-state index contributed by atoms with van der Waals surface area (Å²) < 4.78 is 2.17. The molecule has 2 heterocycles. The number of rotatable bonds is 3. The van der Waals surface area contributed by atoms with E-state index in [0.29, 0.717) is 13.0 Å². The minimum atomic E-state index is 0.242. The quantitative estimate of drug-likeness (QED) is 0.940. The van der Waals surface area contributed by atoms with Crippen LogP contribution in [0.15, 0.2) is 12.1 Å². The zero-order chi connectivity index (χ0) is 15.7. The van der Waals surface area contributed by atoms with Gasteiger partial charge in [-0.25, -0.2) is 4.98 Å². The molecule has 118 valence electrons. The monoisotopic (exact) mass is 300 g/mol. The van der Waals surface area contributed by atoms with Crippen LogP contribution < -0.4 is 5.32 Å². The standard InChI is InChI=1S/C17H24N4O/c1-12-10-15-16(11-13(12)2)21(14(3)19-15)7-4-17(22)20-8-5-18-6-9-20/h10-11,18H,4-9H2,1-3H3. The number of piperazine rings is 1. The highest BCUT2D eigenvalue weighted by atomic mass is 16.2. The van der Waals surface area contributed by atoms with Crippen molar-refractivity contribution in [2.75, 3.05) is 26.2 Å². The Bertz CT molecular complexity index is 698. The lowest BCUT2D eigenvalue weighted by Crippen LogP contribution is -2.46. The Hall–Kier alpha value is -1.88. The smallest absolute Gasteiger partial charge is 0.224 e. The minimum Gasteiger partial charge on any atom is -0.340 e. The second-order valence-corrected chi connectivity index (χ2v) is 6.12. The van der Waals surface area contributed by atoms with Gasteiger partial charge in [0.2, 0.25) is 5.91 Å². The van der Waals surface area contributed by atoms with Crippen molar-refractivity contribution < 1.29 is 4.79 Å². The molecule has 22 heavy (non-hydrogen) atoms. The first-order valence-corrected chi connectivity index (χ1v) is 7.99. The molecule has 0 radical (unpaired) electrons. The van der Waals surface area contributed by atoms with Gasteiger partial charge >= 0.3 is 0 Å². The molecule has 2 aromatic rings. The van der Waals surface area contributed by atoms with E-state index in [2.05, 4.69) is 40.8 Å². The Kier molecular flexibility index (Phi) is 4.16. The number of benzene rings is 1. The Morgan fingerprint density at radius 3 is 2.59 bits per heavy atom. The highest BCUT2D eigenvalue weighted by Gasteiger charge is 2.17. The highest BCUT2D eigenvalue weighted by Crippen LogP contribution is 2.21. The third kappa shape index (κ3) is 2.86. The van der Waals surface area contributed by atoms with Gasteiger partial charge in [0.1, 0.15) is 5.82 Å². The Morgan fingerprint density at radius 2 is 1.86 bits per heavy atom. The largest absolute Gasteiger partial charge is 0.340 e. The number of hydrogen-bond donors (Lipinski definition) is 1. The number of nitrogens with zero attached hydrogens (tertiary/aromatic N) is 3. The molecule has 0 aliphatic carbocycles. The highest BCUT2D eigenvalue weighted by molar-refractivity contribution is 5.79. The maximum atomic E-state index is 12.3. The number of nitrogens with one attached hydrogen (secondary N) is 1. The average Bonchev–Trinajstić information content (AvgIpc) is 2.81. The molecular formula is C17H24N4O. The van der Waals surface area contributed by atoms with E-state index in [9.17, 15) is 4.79 Å². The molecule has 0 spiro atoms. The van der Waals surface area contributed by atoms with E-state index < -0.39 is 0 Å². The second-order valence-electron chi connectivity index (χ2n) is 6.12. The SMILES string of the molecule is Cc1cc2nc(C)n(CCC(=O)N3CCNCC3)c2cc1C. The van der Waals surface area contributed by atoms with Gasteiger partial charge in [-0.05, 0) is 44.0 Å². The number of hydrogen-bond acceptors (Lipinski definition) is 3. The molecule has 1 aromatic carbocycles. The molecule has 1 aliphatic rings. The molecule has 1 amide bonds. The van der Waals surface area contributed by atoms with Gasteiger partial charge < -0.3 is 14.8 Å². The van der Waals surface area contributed by atoms with E-state index in [0.717, 1.165) is 43.0 Å². The summed E-state index contributed by atoms with van der Waals surface area (Å²) in [4.78, 5) is 18.9. The maximum Gasteiger partial charge on any atom is 0.224 e. The first-order valence-electron chi connectivity index (χ1n) is 7.99. The summed E-state index contributed by atoms with van der Waals surface area (Å²) in [5, 5.41) is 3.27. The topological polar surface area (TPSA) is 50.2 Å². The van der Waals surface area contributed by atoms with Crippen molar-refractivity contribution in [3.8, 4) is 0 Å². The number of carbonyl (C=O) groups excluding carboxylic acids is 1. The molecular weight excluding hydrogens is 276 g/mol. The van der Waals surface area contributed by atoms with Crippen molar-refractivity contribution in [3.05, 3.63) is 29.1 Å². The average molecular weight is 300 g/mol. The molecule has 1 saturated heterocycles.